The fourth-order valence-corrected chi connectivity index (χ4v) is 4.89. The van der Waals surface area contributed by atoms with E-state index in [0.29, 0.717) is 29.3 Å². The lowest BCUT2D eigenvalue weighted by Gasteiger charge is -2.36. The first kappa shape index (κ1) is 24.6. The van der Waals surface area contributed by atoms with Crippen molar-refractivity contribution in [1.29, 1.82) is 0 Å². The Morgan fingerprint density at radius 1 is 1.06 bits per heavy atom. The Balaban J connectivity index is 1.59. The van der Waals surface area contributed by atoms with Crippen molar-refractivity contribution in [3.63, 3.8) is 0 Å². The molecule has 0 radical (unpaired) electrons. The molecule has 1 amide bonds. The summed E-state index contributed by atoms with van der Waals surface area (Å²) in [6.07, 6.45) is 0.117. The molecule has 4 rings (SSSR count). The first-order valence-corrected chi connectivity index (χ1v) is 12.0. The van der Waals surface area contributed by atoms with Gasteiger partial charge in [-0.1, -0.05) is 42.1 Å². The quantitative estimate of drug-likeness (QED) is 0.407. The van der Waals surface area contributed by atoms with Crippen LogP contribution in [-0.4, -0.2) is 49.4 Å². The van der Waals surface area contributed by atoms with E-state index in [0.717, 1.165) is 16.4 Å². The molecule has 2 aromatic rings. The number of benzene rings is 2. The second kappa shape index (κ2) is 11.2. The first-order chi connectivity index (χ1) is 17.0. The maximum Gasteiger partial charge on any atom is 0.338 e. The van der Waals surface area contributed by atoms with Crippen LogP contribution >= 0.6 is 11.8 Å². The molecule has 0 aromatic heterocycles. The van der Waals surface area contributed by atoms with Gasteiger partial charge in [-0.3, -0.25) is 4.79 Å². The van der Waals surface area contributed by atoms with Crippen LogP contribution < -0.4 is 10.1 Å². The monoisotopic (exact) mass is 493 g/mol. The van der Waals surface area contributed by atoms with Crippen LogP contribution in [0.25, 0.3) is 0 Å². The molecule has 0 spiro atoms. The van der Waals surface area contributed by atoms with E-state index in [4.69, 9.17) is 14.2 Å². The van der Waals surface area contributed by atoms with E-state index in [9.17, 15) is 9.59 Å². The standard InChI is InChI=1S/C26H27N3O5S/c1-17-23(25(31)34-14-13-32-2)24(18-7-5-4-6-8-18)29-20(16-35-26(29)27-17)15-22(30)28-19-9-11-21(33-3)12-10-19/h4-12,16,24H,13-15H2,1-3H3,(H,28,30)/t24-/m0/s1. The zero-order valence-corrected chi connectivity index (χ0v) is 20.6. The first-order valence-electron chi connectivity index (χ1n) is 11.1. The summed E-state index contributed by atoms with van der Waals surface area (Å²) in [6.45, 7) is 2.26. The number of rotatable bonds is 9. The largest absolute Gasteiger partial charge is 0.497 e. The SMILES string of the molecule is COCCOC(=O)C1=C(C)N=C2SC=C(CC(=O)Nc3ccc(OC)cc3)N2[C@H]1c1ccccc1. The number of hydrogen-bond donors (Lipinski definition) is 1. The number of carbonyl (C=O) groups is 2. The number of ether oxygens (including phenoxy) is 3. The third-order valence-electron chi connectivity index (χ3n) is 5.57. The highest BCUT2D eigenvalue weighted by Crippen LogP contribution is 2.44. The molecule has 0 fully saturated rings. The van der Waals surface area contributed by atoms with Crippen LogP contribution in [0.3, 0.4) is 0 Å². The van der Waals surface area contributed by atoms with Crippen molar-refractivity contribution >= 4 is 34.5 Å². The van der Waals surface area contributed by atoms with Crippen molar-refractivity contribution in [3.05, 3.63) is 82.5 Å². The lowest BCUT2D eigenvalue weighted by molar-refractivity contribution is -0.141. The van der Waals surface area contributed by atoms with E-state index in [-0.39, 0.29) is 18.9 Å². The fraction of sp³-hybridized carbons (Fsp3) is 0.269. The van der Waals surface area contributed by atoms with Crippen LogP contribution in [0, 0.1) is 0 Å². The van der Waals surface area contributed by atoms with Crippen molar-refractivity contribution < 1.29 is 23.8 Å². The number of aliphatic imine (C=N–C) groups is 1. The van der Waals surface area contributed by atoms with Crippen molar-refractivity contribution in [2.75, 3.05) is 32.8 Å². The summed E-state index contributed by atoms with van der Waals surface area (Å²) < 4.78 is 15.7. The third kappa shape index (κ3) is 5.58. The molecule has 2 heterocycles. The minimum absolute atomic E-state index is 0.117. The van der Waals surface area contributed by atoms with Gasteiger partial charge in [-0.05, 0) is 42.2 Å². The van der Waals surface area contributed by atoms with Crippen LogP contribution in [0.4, 0.5) is 5.69 Å². The molecule has 0 unspecified atom stereocenters. The van der Waals surface area contributed by atoms with E-state index < -0.39 is 12.0 Å². The zero-order valence-electron chi connectivity index (χ0n) is 19.8. The minimum atomic E-state index is -0.464. The molecule has 2 aromatic carbocycles. The predicted molar refractivity (Wildman–Crippen MR) is 136 cm³/mol. The number of amides is 1. The van der Waals surface area contributed by atoms with Crippen LogP contribution in [0.1, 0.15) is 24.9 Å². The summed E-state index contributed by atoms with van der Waals surface area (Å²) in [7, 11) is 3.15. The summed E-state index contributed by atoms with van der Waals surface area (Å²) in [5.41, 5.74) is 3.37. The molecule has 182 valence electrons. The molecule has 0 aliphatic carbocycles. The van der Waals surface area contributed by atoms with Crippen LogP contribution in [0.5, 0.6) is 5.75 Å². The van der Waals surface area contributed by atoms with Gasteiger partial charge in [0.15, 0.2) is 5.17 Å². The Hall–Kier alpha value is -3.56. The van der Waals surface area contributed by atoms with Crippen molar-refractivity contribution in [3.8, 4) is 5.75 Å². The van der Waals surface area contributed by atoms with E-state index in [1.807, 2.05) is 47.6 Å². The molecule has 9 heteroatoms. The Bertz CT molecular complexity index is 1180. The van der Waals surface area contributed by atoms with Gasteiger partial charge in [0.25, 0.3) is 0 Å². The lowest BCUT2D eigenvalue weighted by atomic mass is 9.94. The van der Waals surface area contributed by atoms with Crippen molar-refractivity contribution in [2.24, 2.45) is 4.99 Å². The summed E-state index contributed by atoms with van der Waals surface area (Å²) in [5.74, 6) is 0.0885. The second-order valence-corrected chi connectivity index (χ2v) is 8.72. The van der Waals surface area contributed by atoms with Gasteiger partial charge in [0.05, 0.1) is 37.4 Å². The van der Waals surface area contributed by atoms with Gasteiger partial charge in [0.1, 0.15) is 12.4 Å². The number of amidine groups is 1. The van der Waals surface area contributed by atoms with Gasteiger partial charge in [-0.25, -0.2) is 9.79 Å². The molecule has 0 saturated carbocycles. The Morgan fingerprint density at radius 2 is 1.80 bits per heavy atom. The number of carbonyl (C=O) groups excluding carboxylic acids is 2. The Morgan fingerprint density at radius 3 is 2.49 bits per heavy atom. The molecule has 35 heavy (non-hydrogen) atoms. The number of hydrogen-bond acceptors (Lipinski definition) is 8. The summed E-state index contributed by atoms with van der Waals surface area (Å²) in [4.78, 5) is 32.7. The molecule has 2 aliphatic heterocycles. The smallest absolute Gasteiger partial charge is 0.338 e. The average Bonchev–Trinajstić information content (AvgIpc) is 3.25. The maximum atomic E-state index is 13.1. The van der Waals surface area contributed by atoms with Gasteiger partial charge < -0.3 is 24.4 Å². The molecule has 1 N–H and O–H groups in total. The normalized spacial score (nSPS) is 16.9. The summed E-state index contributed by atoms with van der Waals surface area (Å²) in [5, 5.41) is 5.55. The predicted octanol–water partition coefficient (Wildman–Crippen LogP) is 4.49. The van der Waals surface area contributed by atoms with Crippen LogP contribution in [0.15, 0.2) is 82.0 Å². The number of esters is 1. The molecule has 0 saturated heterocycles. The third-order valence-corrected chi connectivity index (χ3v) is 6.46. The van der Waals surface area contributed by atoms with Gasteiger partial charge in [0, 0.05) is 18.5 Å². The van der Waals surface area contributed by atoms with E-state index in [2.05, 4.69) is 10.3 Å². The Kier molecular flexibility index (Phi) is 7.89. The molecule has 2 aliphatic rings. The minimum Gasteiger partial charge on any atom is -0.497 e. The molecular formula is C26H27N3O5S. The lowest BCUT2D eigenvalue weighted by Crippen LogP contribution is -2.37. The maximum absolute atomic E-state index is 13.1. The summed E-state index contributed by atoms with van der Waals surface area (Å²) >= 11 is 1.44. The Labute approximate surface area is 208 Å². The number of nitrogens with one attached hydrogen (secondary N) is 1. The summed E-state index contributed by atoms with van der Waals surface area (Å²) in [6, 6.07) is 16.4. The van der Waals surface area contributed by atoms with Gasteiger partial charge in [-0.2, -0.15) is 0 Å². The molecule has 8 nitrogen and oxygen atoms in total. The molecule has 1 atom stereocenters. The van der Waals surface area contributed by atoms with E-state index in [1.165, 1.54) is 11.8 Å². The van der Waals surface area contributed by atoms with Gasteiger partial charge in [0.2, 0.25) is 5.91 Å². The number of nitrogens with zero attached hydrogens (tertiary/aromatic N) is 2. The van der Waals surface area contributed by atoms with E-state index in [1.54, 1.807) is 38.5 Å². The van der Waals surface area contributed by atoms with Crippen LogP contribution in [-0.2, 0) is 19.1 Å². The van der Waals surface area contributed by atoms with Crippen molar-refractivity contribution in [1.82, 2.24) is 4.90 Å². The average molecular weight is 494 g/mol. The number of allylic oxidation sites excluding steroid dienone is 1. The number of thioether (sulfide) groups is 1. The molecule has 0 bridgehead atoms. The fourth-order valence-electron chi connectivity index (χ4n) is 3.92. The number of fused-ring (bicyclic) bond motifs is 1. The van der Waals surface area contributed by atoms with E-state index >= 15 is 0 Å². The van der Waals surface area contributed by atoms with Crippen LogP contribution in [0.2, 0.25) is 0 Å². The second-order valence-electron chi connectivity index (χ2n) is 7.89. The topological polar surface area (TPSA) is 89.5 Å². The zero-order chi connectivity index (χ0) is 24.8. The van der Waals surface area contributed by atoms with Crippen molar-refractivity contribution in [2.45, 2.75) is 19.4 Å². The highest BCUT2D eigenvalue weighted by Gasteiger charge is 2.41. The highest BCUT2D eigenvalue weighted by atomic mass is 32.2. The number of anilines is 1. The van der Waals surface area contributed by atoms with Gasteiger partial charge >= 0.3 is 5.97 Å². The number of methoxy groups -OCH3 is 2. The van der Waals surface area contributed by atoms with Gasteiger partial charge in [-0.15, -0.1) is 0 Å². The highest BCUT2D eigenvalue weighted by molar-refractivity contribution is 8.16. The molecular weight excluding hydrogens is 466 g/mol.